The first kappa shape index (κ1) is 21.6. The van der Waals surface area contributed by atoms with Crippen molar-refractivity contribution >= 4 is 33.2 Å². The highest BCUT2D eigenvalue weighted by Crippen LogP contribution is 2.24. The Bertz CT molecular complexity index is 993. The van der Waals surface area contributed by atoms with Crippen molar-refractivity contribution in [2.24, 2.45) is 5.41 Å². The van der Waals surface area contributed by atoms with E-state index in [1.54, 1.807) is 57.2 Å². The maximum atomic E-state index is 12.7. The number of benzene rings is 2. The Morgan fingerprint density at radius 1 is 0.929 bits per heavy atom. The molecule has 0 saturated carbocycles. The number of hydrogen-bond acceptors (Lipinski definition) is 4. The summed E-state index contributed by atoms with van der Waals surface area (Å²) in [4.78, 5) is 24.8. The topological polar surface area (TPSA) is 95.6 Å². The molecule has 0 bridgehead atoms. The number of amides is 2. The largest absolute Gasteiger partial charge is 0.326 e. The van der Waals surface area contributed by atoms with Gasteiger partial charge >= 0.3 is 0 Å². The van der Waals surface area contributed by atoms with Gasteiger partial charge in [-0.3, -0.25) is 9.59 Å². The number of nitrogens with one attached hydrogen (secondary N) is 2. The second-order valence-corrected chi connectivity index (χ2v) is 9.64. The summed E-state index contributed by atoms with van der Waals surface area (Å²) >= 11 is 0. The molecule has 0 atom stereocenters. The van der Waals surface area contributed by atoms with E-state index in [9.17, 15) is 18.0 Å². The Balaban J connectivity index is 2.28. The van der Waals surface area contributed by atoms with Crippen molar-refractivity contribution in [1.82, 2.24) is 4.31 Å². The van der Waals surface area contributed by atoms with E-state index in [-0.39, 0.29) is 16.5 Å². The lowest BCUT2D eigenvalue weighted by Crippen LogP contribution is -2.27. The van der Waals surface area contributed by atoms with Crippen LogP contribution in [0.3, 0.4) is 0 Å². The number of para-hydroxylation sites is 1. The van der Waals surface area contributed by atoms with Crippen molar-refractivity contribution in [3.05, 3.63) is 54.1 Å². The zero-order chi connectivity index (χ0) is 21.1. The van der Waals surface area contributed by atoms with Crippen LogP contribution in [-0.2, 0) is 14.8 Å². The molecule has 0 unspecified atom stereocenters. The van der Waals surface area contributed by atoms with Crippen LogP contribution in [0.1, 0.15) is 31.1 Å². The fourth-order valence-corrected chi connectivity index (χ4v) is 3.28. The summed E-state index contributed by atoms with van der Waals surface area (Å²) in [6.45, 7) is 5.38. The van der Waals surface area contributed by atoms with Crippen LogP contribution in [0.2, 0.25) is 0 Å². The van der Waals surface area contributed by atoms with Gasteiger partial charge < -0.3 is 10.6 Å². The summed E-state index contributed by atoms with van der Waals surface area (Å²) in [5, 5.41) is 5.41. The molecule has 2 aromatic rings. The van der Waals surface area contributed by atoms with E-state index >= 15 is 0 Å². The SMILES string of the molecule is CN(C)S(=O)(=O)c1ccccc1NC(=O)c1cccc(NC(=O)C(C)(C)C)c1. The van der Waals surface area contributed by atoms with Gasteiger partial charge in [-0.2, -0.15) is 0 Å². The van der Waals surface area contributed by atoms with Gasteiger partial charge in [0.1, 0.15) is 4.90 Å². The summed E-state index contributed by atoms with van der Waals surface area (Å²) < 4.78 is 26.0. The maximum absolute atomic E-state index is 12.7. The maximum Gasteiger partial charge on any atom is 0.255 e. The average Bonchev–Trinajstić information content (AvgIpc) is 2.61. The van der Waals surface area contributed by atoms with Gasteiger partial charge in [0.15, 0.2) is 0 Å². The predicted molar refractivity (Wildman–Crippen MR) is 110 cm³/mol. The summed E-state index contributed by atoms with van der Waals surface area (Å²) in [5.74, 6) is -0.652. The minimum Gasteiger partial charge on any atom is -0.326 e. The van der Waals surface area contributed by atoms with Crippen molar-refractivity contribution in [2.75, 3.05) is 24.7 Å². The van der Waals surface area contributed by atoms with Crippen LogP contribution in [0.4, 0.5) is 11.4 Å². The number of sulfonamides is 1. The fourth-order valence-electron chi connectivity index (χ4n) is 2.24. The highest BCUT2D eigenvalue weighted by Gasteiger charge is 2.23. The van der Waals surface area contributed by atoms with Gasteiger partial charge in [-0.05, 0) is 30.3 Å². The van der Waals surface area contributed by atoms with Gasteiger partial charge in [-0.1, -0.05) is 39.0 Å². The summed E-state index contributed by atoms with van der Waals surface area (Å²) in [7, 11) is -0.862. The Morgan fingerprint density at radius 3 is 2.18 bits per heavy atom. The lowest BCUT2D eigenvalue weighted by Gasteiger charge is -2.18. The molecule has 0 aliphatic heterocycles. The van der Waals surface area contributed by atoms with E-state index in [0.717, 1.165) is 4.31 Å². The van der Waals surface area contributed by atoms with Gasteiger partial charge in [0.05, 0.1) is 5.69 Å². The quantitative estimate of drug-likeness (QED) is 0.801. The van der Waals surface area contributed by atoms with Crippen molar-refractivity contribution in [1.29, 1.82) is 0 Å². The van der Waals surface area contributed by atoms with E-state index in [0.29, 0.717) is 11.3 Å². The number of anilines is 2. The van der Waals surface area contributed by atoms with E-state index in [2.05, 4.69) is 10.6 Å². The molecule has 150 valence electrons. The molecule has 0 aliphatic rings. The molecular weight excluding hydrogens is 378 g/mol. The minimum absolute atomic E-state index is 0.00513. The summed E-state index contributed by atoms with van der Waals surface area (Å²) in [6, 6.07) is 12.7. The Kier molecular flexibility index (Phi) is 6.26. The van der Waals surface area contributed by atoms with E-state index in [4.69, 9.17) is 0 Å². The zero-order valence-electron chi connectivity index (χ0n) is 16.6. The van der Waals surface area contributed by atoms with Crippen molar-refractivity contribution in [2.45, 2.75) is 25.7 Å². The molecule has 2 N–H and O–H groups in total. The molecular formula is C20H25N3O4S. The molecule has 0 aromatic heterocycles. The average molecular weight is 404 g/mol. The summed E-state index contributed by atoms with van der Waals surface area (Å²) in [5.41, 5.74) is 0.397. The molecule has 0 fully saturated rings. The molecule has 2 amide bonds. The smallest absolute Gasteiger partial charge is 0.255 e. The lowest BCUT2D eigenvalue weighted by molar-refractivity contribution is -0.123. The van der Waals surface area contributed by atoms with Gasteiger partial charge in [-0.25, -0.2) is 12.7 Å². The monoisotopic (exact) mass is 403 g/mol. The van der Waals surface area contributed by atoms with Crippen molar-refractivity contribution < 1.29 is 18.0 Å². The Morgan fingerprint density at radius 2 is 1.57 bits per heavy atom. The second-order valence-electron chi connectivity index (χ2n) is 7.52. The summed E-state index contributed by atoms with van der Waals surface area (Å²) in [6.07, 6.45) is 0. The molecule has 0 spiro atoms. The number of hydrogen-bond donors (Lipinski definition) is 2. The Labute approximate surface area is 165 Å². The van der Waals surface area contributed by atoms with Gasteiger partial charge in [0, 0.05) is 30.8 Å². The molecule has 0 aliphatic carbocycles. The first-order chi connectivity index (χ1) is 12.9. The first-order valence-corrected chi connectivity index (χ1v) is 10.1. The van der Waals surface area contributed by atoms with Gasteiger partial charge in [0.25, 0.3) is 5.91 Å². The standard InChI is InChI=1S/C20H25N3O4S/c1-20(2,3)19(25)21-15-10-8-9-14(13-15)18(24)22-16-11-6-7-12-17(16)28(26,27)23(4)5/h6-13H,1-5H3,(H,21,25)(H,22,24). The molecule has 0 radical (unpaired) electrons. The third-order valence-electron chi connectivity index (χ3n) is 3.96. The van der Waals surface area contributed by atoms with Crippen LogP contribution in [0.25, 0.3) is 0 Å². The molecule has 2 aromatic carbocycles. The molecule has 28 heavy (non-hydrogen) atoms. The zero-order valence-corrected chi connectivity index (χ0v) is 17.4. The van der Waals surface area contributed by atoms with Crippen molar-refractivity contribution in [3.8, 4) is 0 Å². The van der Waals surface area contributed by atoms with E-state index in [1.807, 2.05) is 0 Å². The van der Waals surface area contributed by atoms with E-state index in [1.165, 1.54) is 26.2 Å². The number of nitrogens with zero attached hydrogens (tertiary/aromatic N) is 1. The lowest BCUT2D eigenvalue weighted by atomic mass is 9.95. The first-order valence-electron chi connectivity index (χ1n) is 8.67. The van der Waals surface area contributed by atoms with Crippen LogP contribution >= 0.6 is 0 Å². The van der Waals surface area contributed by atoms with Crippen LogP contribution < -0.4 is 10.6 Å². The Hall–Kier alpha value is -2.71. The van der Waals surface area contributed by atoms with Crippen LogP contribution in [0.15, 0.2) is 53.4 Å². The molecule has 0 heterocycles. The number of rotatable bonds is 5. The number of carbonyl (C=O) groups excluding carboxylic acids is 2. The molecule has 0 saturated heterocycles. The molecule has 8 heteroatoms. The third-order valence-corrected chi connectivity index (χ3v) is 5.83. The van der Waals surface area contributed by atoms with Gasteiger partial charge in [0.2, 0.25) is 15.9 Å². The highest BCUT2D eigenvalue weighted by atomic mass is 32.2. The second kappa shape index (κ2) is 8.12. The molecule has 7 nitrogen and oxygen atoms in total. The van der Waals surface area contributed by atoms with Crippen LogP contribution in [0, 0.1) is 5.41 Å². The fraction of sp³-hybridized carbons (Fsp3) is 0.300. The van der Waals surface area contributed by atoms with E-state index < -0.39 is 21.3 Å². The predicted octanol–water partition coefficient (Wildman–Crippen LogP) is 3.17. The highest BCUT2D eigenvalue weighted by molar-refractivity contribution is 7.89. The van der Waals surface area contributed by atoms with Crippen LogP contribution in [-0.4, -0.2) is 38.6 Å². The normalized spacial score (nSPS) is 11.9. The van der Waals surface area contributed by atoms with Crippen molar-refractivity contribution in [3.63, 3.8) is 0 Å². The minimum atomic E-state index is -3.71. The third kappa shape index (κ3) is 4.96. The number of carbonyl (C=O) groups is 2. The van der Waals surface area contributed by atoms with Gasteiger partial charge in [-0.15, -0.1) is 0 Å². The molecule has 2 rings (SSSR count). The van der Waals surface area contributed by atoms with Crippen LogP contribution in [0.5, 0.6) is 0 Å².